The van der Waals surface area contributed by atoms with Gasteiger partial charge < -0.3 is 15.0 Å². The summed E-state index contributed by atoms with van der Waals surface area (Å²) in [5, 5.41) is 4.18. The van der Waals surface area contributed by atoms with Crippen molar-refractivity contribution in [3.05, 3.63) is 64.7 Å². The SMILES string of the molecule is CCOc1ccc(-n2c(C(CC)NCCN(C)C)nc3ccccc3c2=O)cc1. The van der Waals surface area contributed by atoms with Crippen molar-refractivity contribution in [3.63, 3.8) is 0 Å². The van der Waals surface area contributed by atoms with Gasteiger partial charge in [-0.05, 0) is 63.8 Å². The number of ether oxygens (including phenoxy) is 1. The Morgan fingerprint density at radius 2 is 1.83 bits per heavy atom. The van der Waals surface area contributed by atoms with Gasteiger partial charge in [-0.1, -0.05) is 19.1 Å². The summed E-state index contributed by atoms with van der Waals surface area (Å²) >= 11 is 0. The molecule has 0 saturated heterocycles. The summed E-state index contributed by atoms with van der Waals surface area (Å²) in [4.78, 5) is 20.4. The highest BCUT2D eigenvalue weighted by molar-refractivity contribution is 5.77. The first-order valence-electron chi connectivity index (χ1n) is 10.2. The number of nitrogens with one attached hydrogen (secondary N) is 1. The Labute approximate surface area is 172 Å². The number of aromatic nitrogens is 2. The summed E-state index contributed by atoms with van der Waals surface area (Å²) in [6.45, 7) is 6.40. The number of para-hydroxylation sites is 1. The summed E-state index contributed by atoms with van der Waals surface area (Å²) < 4.78 is 7.28. The third kappa shape index (κ3) is 4.83. The minimum absolute atomic E-state index is 0.0289. The van der Waals surface area contributed by atoms with Crippen LogP contribution in [0.5, 0.6) is 5.75 Å². The Bertz CT molecular complexity index is 996. The third-order valence-electron chi connectivity index (χ3n) is 4.88. The average Bonchev–Trinajstić information content (AvgIpc) is 2.72. The molecule has 0 aliphatic rings. The minimum Gasteiger partial charge on any atom is -0.494 e. The Balaban J connectivity index is 2.11. The lowest BCUT2D eigenvalue weighted by atomic mass is 10.1. The quantitative estimate of drug-likeness (QED) is 0.603. The predicted molar refractivity (Wildman–Crippen MR) is 118 cm³/mol. The van der Waals surface area contributed by atoms with E-state index in [4.69, 9.17) is 9.72 Å². The standard InChI is InChI=1S/C23H30N4O2/c1-5-20(24-15-16-26(3)4)22-25-21-10-8-7-9-19(21)23(28)27(22)17-11-13-18(14-12-17)29-6-2/h7-14,20,24H,5-6,15-16H2,1-4H3. The second-order valence-corrected chi connectivity index (χ2v) is 7.27. The molecule has 2 aromatic carbocycles. The van der Waals surface area contributed by atoms with E-state index in [0.717, 1.165) is 42.3 Å². The molecule has 1 aromatic heterocycles. The minimum atomic E-state index is -0.0531. The predicted octanol–water partition coefficient (Wildman–Crippen LogP) is 3.39. The van der Waals surface area contributed by atoms with Crippen molar-refractivity contribution in [3.8, 4) is 11.4 Å². The number of benzene rings is 2. The molecule has 6 heteroatoms. The summed E-state index contributed by atoms with van der Waals surface area (Å²) in [6.07, 6.45) is 0.829. The van der Waals surface area contributed by atoms with Crippen LogP contribution in [-0.2, 0) is 0 Å². The maximum absolute atomic E-state index is 13.4. The smallest absolute Gasteiger partial charge is 0.266 e. The van der Waals surface area contributed by atoms with E-state index in [2.05, 4.69) is 17.1 Å². The lowest BCUT2D eigenvalue weighted by molar-refractivity contribution is 0.340. The molecule has 0 spiro atoms. The van der Waals surface area contributed by atoms with E-state index >= 15 is 0 Å². The summed E-state index contributed by atoms with van der Waals surface area (Å²) in [5.41, 5.74) is 1.46. The second-order valence-electron chi connectivity index (χ2n) is 7.27. The molecule has 0 radical (unpaired) electrons. The van der Waals surface area contributed by atoms with Crippen LogP contribution in [0.15, 0.2) is 53.3 Å². The molecule has 1 unspecified atom stereocenters. The Morgan fingerprint density at radius 1 is 1.10 bits per heavy atom. The largest absolute Gasteiger partial charge is 0.494 e. The molecule has 0 fully saturated rings. The molecule has 0 bridgehead atoms. The van der Waals surface area contributed by atoms with Crippen molar-refractivity contribution in [2.45, 2.75) is 26.3 Å². The van der Waals surface area contributed by atoms with Gasteiger partial charge in [-0.3, -0.25) is 9.36 Å². The fraction of sp³-hybridized carbons (Fsp3) is 0.391. The van der Waals surface area contributed by atoms with Crippen molar-refractivity contribution in [1.82, 2.24) is 19.8 Å². The Morgan fingerprint density at radius 3 is 2.48 bits per heavy atom. The van der Waals surface area contributed by atoms with Gasteiger partial charge >= 0.3 is 0 Å². The normalized spacial score (nSPS) is 12.4. The van der Waals surface area contributed by atoms with Crippen LogP contribution in [0.2, 0.25) is 0 Å². The van der Waals surface area contributed by atoms with E-state index in [1.54, 1.807) is 4.57 Å². The lowest BCUT2D eigenvalue weighted by Crippen LogP contribution is -2.34. The van der Waals surface area contributed by atoms with E-state index in [-0.39, 0.29) is 11.6 Å². The lowest BCUT2D eigenvalue weighted by Gasteiger charge is -2.22. The molecular formula is C23H30N4O2. The van der Waals surface area contributed by atoms with Crippen LogP contribution >= 0.6 is 0 Å². The molecule has 0 saturated carbocycles. The van der Waals surface area contributed by atoms with Crippen LogP contribution in [0, 0.1) is 0 Å². The fourth-order valence-corrected chi connectivity index (χ4v) is 3.37. The van der Waals surface area contributed by atoms with Crippen molar-refractivity contribution in [2.75, 3.05) is 33.8 Å². The van der Waals surface area contributed by atoms with Crippen molar-refractivity contribution in [1.29, 1.82) is 0 Å². The van der Waals surface area contributed by atoms with Crippen molar-refractivity contribution < 1.29 is 4.74 Å². The van der Waals surface area contributed by atoms with Gasteiger partial charge in [0, 0.05) is 13.1 Å². The van der Waals surface area contributed by atoms with Gasteiger partial charge in [-0.2, -0.15) is 0 Å². The van der Waals surface area contributed by atoms with E-state index in [1.807, 2.05) is 69.6 Å². The van der Waals surface area contributed by atoms with Crippen LogP contribution in [0.4, 0.5) is 0 Å². The molecule has 0 amide bonds. The highest BCUT2D eigenvalue weighted by Gasteiger charge is 2.19. The molecule has 154 valence electrons. The summed E-state index contributed by atoms with van der Waals surface area (Å²) in [5.74, 6) is 1.52. The molecule has 6 nitrogen and oxygen atoms in total. The molecule has 3 aromatic rings. The zero-order chi connectivity index (χ0) is 20.8. The maximum atomic E-state index is 13.4. The molecule has 1 N–H and O–H groups in total. The Kier molecular flexibility index (Phi) is 7.01. The van der Waals surface area contributed by atoms with Gasteiger partial charge in [-0.25, -0.2) is 4.98 Å². The second kappa shape index (κ2) is 9.67. The zero-order valence-corrected chi connectivity index (χ0v) is 17.7. The van der Waals surface area contributed by atoms with Gasteiger partial charge in [0.05, 0.1) is 29.2 Å². The van der Waals surface area contributed by atoms with Crippen LogP contribution in [-0.4, -0.2) is 48.2 Å². The third-order valence-corrected chi connectivity index (χ3v) is 4.88. The molecule has 3 rings (SSSR count). The molecule has 29 heavy (non-hydrogen) atoms. The van der Waals surface area contributed by atoms with Gasteiger partial charge in [0.1, 0.15) is 11.6 Å². The van der Waals surface area contributed by atoms with Crippen LogP contribution in [0.1, 0.15) is 32.1 Å². The van der Waals surface area contributed by atoms with E-state index in [1.165, 1.54) is 0 Å². The number of fused-ring (bicyclic) bond motifs is 1. The van der Waals surface area contributed by atoms with E-state index in [9.17, 15) is 4.79 Å². The molecule has 1 atom stereocenters. The molecular weight excluding hydrogens is 364 g/mol. The number of hydrogen-bond acceptors (Lipinski definition) is 5. The van der Waals surface area contributed by atoms with Crippen LogP contribution in [0.25, 0.3) is 16.6 Å². The average molecular weight is 395 g/mol. The first kappa shape index (κ1) is 21.0. The van der Waals surface area contributed by atoms with Crippen molar-refractivity contribution >= 4 is 10.9 Å². The number of likely N-dealkylation sites (N-methyl/N-ethyl adjacent to an activating group) is 1. The Hall–Kier alpha value is -2.70. The van der Waals surface area contributed by atoms with Crippen molar-refractivity contribution in [2.24, 2.45) is 0 Å². The number of hydrogen-bond donors (Lipinski definition) is 1. The highest BCUT2D eigenvalue weighted by Crippen LogP contribution is 2.22. The van der Waals surface area contributed by atoms with E-state index in [0.29, 0.717) is 12.0 Å². The first-order chi connectivity index (χ1) is 14.0. The number of rotatable bonds is 9. The zero-order valence-electron chi connectivity index (χ0n) is 17.7. The molecule has 1 heterocycles. The molecule has 0 aliphatic carbocycles. The van der Waals surface area contributed by atoms with Gasteiger partial charge in [0.15, 0.2) is 0 Å². The maximum Gasteiger partial charge on any atom is 0.266 e. The highest BCUT2D eigenvalue weighted by atomic mass is 16.5. The first-order valence-corrected chi connectivity index (χ1v) is 10.2. The summed E-state index contributed by atoms with van der Waals surface area (Å²) in [7, 11) is 4.10. The fourth-order valence-electron chi connectivity index (χ4n) is 3.37. The van der Waals surface area contributed by atoms with Crippen LogP contribution < -0.4 is 15.6 Å². The van der Waals surface area contributed by atoms with Gasteiger partial charge in [0.25, 0.3) is 5.56 Å². The molecule has 0 aliphatic heterocycles. The van der Waals surface area contributed by atoms with E-state index < -0.39 is 0 Å². The topological polar surface area (TPSA) is 59.4 Å². The number of nitrogens with zero attached hydrogens (tertiary/aromatic N) is 3. The van der Waals surface area contributed by atoms with Gasteiger partial charge in [-0.15, -0.1) is 0 Å². The summed E-state index contributed by atoms with van der Waals surface area (Å²) in [6, 6.07) is 15.1. The van der Waals surface area contributed by atoms with Crippen LogP contribution in [0.3, 0.4) is 0 Å². The monoisotopic (exact) mass is 394 g/mol. The van der Waals surface area contributed by atoms with Gasteiger partial charge in [0.2, 0.25) is 0 Å².